The topological polar surface area (TPSA) is 59.5 Å². The number of aryl methyl sites for hydroxylation is 1. The van der Waals surface area contributed by atoms with Crippen molar-refractivity contribution in [2.24, 2.45) is 0 Å². The Kier molecular flexibility index (Phi) is 4.36. The van der Waals surface area contributed by atoms with Crippen LogP contribution in [0.15, 0.2) is 42.7 Å². The van der Waals surface area contributed by atoms with Crippen LogP contribution in [0.3, 0.4) is 0 Å². The molecule has 0 saturated carbocycles. The van der Waals surface area contributed by atoms with Gasteiger partial charge in [-0.05, 0) is 39.8 Å². The summed E-state index contributed by atoms with van der Waals surface area (Å²) < 4.78 is 19.5. The van der Waals surface area contributed by atoms with Gasteiger partial charge < -0.3 is 4.74 Å². The van der Waals surface area contributed by atoms with Crippen molar-refractivity contribution in [2.75, 3.05) is 4.90 Å². The molecule has 0 fully saturated rings. The lowest BCUT2D eigenvalue weighted by molar-refractivity contribution is -0.148. The van der Waals surface area contributed by atoms with E-state index in [9.17, 15) is 14.0 Å². The van der Waals surface area contributed by atoms with Crippen molar-refractivity contribution in [3.63, 3.8) is 0 Å². The van der Waals surface area contributed by atoms with Crippen molar-refractivity contribution in [1.29, 1.82) is 0 Å². The molecule has 0 N–H and O–H groups in total. The highest BCUT2D eigenvalue weighted by molar-refractivity contribution is 6.23. The molecular formula is C20H19FN2O3. The minimum atomic E-state index is -0.725. The van der Waals surface area contributed by atoms with Crippen LogP contribution < -0.4 is 4.90 Å². The third-order valence-corrected chi connectivity index (χ3v) is 3.79. The standard InChI is InChI=1S/C20H19FN2O3/c1-12-5-7-13(8-6-12)23-16(9-17(24)26-20(2,3)4)14-10-22-11-15(21)18(14)19(23)25/h5-11H,1-4H3/b16-9+. The van der Waals surface area contributed by atoms with Crippen molar-refractivity contribution in [1.82, 2.24) is 4.98 Å². The molecule has 1 aliphatic heterocycles. The zero-order valence-corrected chi connectivity index (χ0v) is 15.0. The Hall–Kier alpha value is -3.02. The van der Waals surface area contributed by atoms with E-state index in [1.54, 1.807) is 32.9 Å². The van der Waals surface area contributed by atoms with E-state index in [1.807, 2.05) is 19.1 Å². The number of esters is 1. The van der Waals surface area contributed by atoms with Gasteiger partial charge in [0.2, 0.25) is 0 Å². The average molecular weight is 354 g/mol. The highest BCUT2D eigenvalue weighted by Gasteiger charge is 2.37. The molecule has 0 radical (unpaired) electrons. The van der Waals surface area contributed by atoms with Gasteiger partial charge in [-0.1, -0.05) is 17.7 Å². The first-order valence-corrected chi connectivity index (χ1v) is 8.17. The second-order valence-electron chi connectivity index (χ2n) is 7.08. The smallest absolute Gasteiger partial charge is 0.333 e. The summed E-state index contributed by atoms with van der Waals surface area (Å²) in [6, 6.07) is 7.16. The number of aromatic nitrogens is 1. The average Bonchev–Trinajstić information content (AvgIpc) is 2.80. The lowest BCUT2D eigenvalue weighted by Gasteiger charge is -2.21. The minimum absolute atomic E-state index is 0.101. The summed E-state index contributed by atoms with van der Waals surface area (Å²) in [6.45, 7) is 7.16. The number of halogens is 1. The summed E-state index contributed by atoms with van der Waals surface area (Å²) in [6.07, 6.45) is 3.57. The maximum atomic E-state index is 14.2. The van der Waals surface area contributed by atoms with Crippen LogP contribution in [0.2, 0.25) is 0 Å². The minimum Gasteiger partial charge on any atom is -0.457 e. The normalized spacial score (nSPS) is 15.3. The van der Waals surface area contributed by atoms with Gasteiger partial charge in [0.25, 0.3) is 5.91 Å². The maximum absolute atomic E-state index is 14.2. The van der Waals surface area contributed by atoms with Crippen LogP contribution in [0.25, 0.3) is 5.70 Å². The van der Waals surface area contributed by atoms with E-state index in [-0.39, 0.29) is 16.8 Å². The van der Waals surface area contributed by atoms with Crippen LogP contribution in [0, 0.1) is 12.7 Å². The zero-order chi connectivity index (χ0) is 19.1. The van der Waals surface area contributed by atoms with Crippen molar-refractivity contribution < 1.29 is 18.7 Å². The Bertz CT molecular complexity index is 912. The molecule has 0 aliphatic carbocycles. The molecule has 2 heterocycles. The van der Waals surface area contributed by atoms with Gasteiger partial charge in [0, 0.05) is 23.5 Å². The Labute approximate surface area is 151 Å². The third-order valence-electron chi connectivity index (χ3n) is 3.79. The van der Waals surface area contributed by atoms with E-state index in [4.69, 9.17) is 4.74 Å². The van der Waals surface area contributed by atoms with Crippen LogP contribution in [-0.4, -0.2) is 22.5 Å². The molecule has 2 aromatic rings. The predicted molar refractivity (Wildman–Crippen MR) is 96.0 cm³/mol. The number of ether oxygens (including phenoxy) is 1. The fraction of sp³-hybridized carbons (Fsp3) is 0.250. The largest absolute Gasteiger partial charge is 0.457 e. The molecule has 0 unspecified atom stereocenters. The Balaban J connectivity index is 2.13. The van der Waals surface area contributed by atoms with E-state index in [2.05, 4.69) is 4.98 Å². The molecule has 5 nitrogen and oxygen atoms in total. The SMILES string of the molecule is Cc1ccc(N2C(=O)c3c(F)cncc3/C2=C\C(=O)OC(C)(C)C)cc1. The number of rotatable bonds is 2. The van der Waals surface area contributed by atoms with E-state index < -0.39 is 23.3 Å². The van der Waals surface area contributed by atoms with Crippen LogP contribution in [0.4, 0.5) is 10.1 Å². The molecule has 6 heteroatoms. The van der Waals surface area contributed by atoms with Crippen molar-refractivity contribution >= 4 is 23.3 Å². The number of anilines is 1. The monoisotopic (exact) mass is 354 g/mol. The fourth-order valence-corrected chi connectivity index (χ4v) is 2.72. The molecule has 134 valence electrons. The number of carbonyl (C=O) groups excluding carboxylic acids is 2. The molecule has 1 aliphatic rings. The molecule has 1 amide bonds. The van der Waals surface area contributed by atoms with E-state index >= 15 is 0 Å². The summed E-state index contributed by atoms with van der Waals surface area (Å²) in [5.74, 6) is -1.88. The van der Waals surface area contributed by atoms with Crippen LogP contribution in [-0.2, 0) is 9.53 Å². The number of benzene rings is 1. The Morgan fingerprint density at radius 1 is 1.19 bits per heavy atom. The molecule has 3 rings (SSSR count). The van der Waals surface area contributed by atoms with Gasteiger partial charge in [0.15, 0.2) is 5.82 Å². The highest BCUT2D eigenvalue weighted by Crippen LogP contribution is 2.37. The lowest BCUT2D eigenvalue weighted by Crippen LogP contribution is -2.25. The molecule has 0 bridgehead atoms. The van der Waals surface area contributed by atoms with E-state index in [0.717, 1.165) is 11.8 Å². The molecule has 1 aromatic carbocycles. The predicted octanol–water partition coefficient (Wildman–Crippen LogP) is 3.87. The molecular weight excluding hydrogens is 335 g/mol. The summed E-state index contributed by atoms with van der Waals surface area (Å²) in [5, 5.41) is 0. The first-order chi connectivity index (χ1) is 12.2. The summed E-state index contributed by atoms with van der Waals surface area (Å²) >= 11 is 0. The first kappa shape index (κ1) is 17.8. The number of carbonyl (C=O) groups is 2. The molecule has 0 spiro atoms. The van der Waals surface area contributed by atoms with Crippen molar-refractivity contribution in [3.05, 3.63) is 65.2 Å². The van der Waals surface area contributed by atoms with Gasteiger partial charge in [0.1, 0.15) is 5.60 Å². The number of hydrogen-bond donors (Lipinski definition) is 0. The first-order valence-electron chi connectivity index (χ1n) is 8.17. The lowest BCUT2D eigenvalue weighted by atomic mass is 10.1. The molecule has 0 atom stereocenters. The van der Waals surface area contributed by atoms with Crippen LogP contribution >= 0.6 is 0 Å². The number of hydrogen-bond acceptors (Lipinski definition) is 4. The van der Waals surface area contributed by atoms with Gasteiger partial charge in [-0.15, -0.1) is 0 Å². The highest BCUT2D eigenvalue weighted by atomic mass is 19.1. The molecule has 1 aromatic heterocycles. The van der Waals surface area contributed by atoms with Crippen molar-refractivity contribution in [2.45, 2.75) is 33.3 Å². The van der Waals surface area contributed by atoms with Gasteiger partial charge in [-0.2, -0.15) is 0 Å². The van der Waals surface area contributed by atoms with Crippen LogP contribution in [0.1, 0.15) is 42.3 Å². The third kappa shape index (κ3) is 3.35. The second-order valence-corrected chi connectivity index (χ2v) is 7.08. The van der Waals surface area contributed by atoms with E-state index in [1.165, 1.54) is 17.2 Å². The number of pyridine rings is 1. The quantitative estimate of drug-likeness (QED) is 0.607. The van der Waals surface area contributed by atoms with Crippen molar-refractivity contribution in [3.8, 4) is 0 Å². The van der Waals surface area contributed by atoms with Gasteiger partial charge in [-0.3, -0.25) is 14.7 Å². The number of amides is 1. The Morgan fingerprint density at radius 3 is 2.46 bits per heavy atom. The zero-order valence-electron chi connectivity index (χ0n) is 15.0. The summed E-state index contributed by atoms with van der Waals surface area (Å²) in [7, 11) is 0. The van der Waals surface area contributed by atoms with Crippen LogP contribution in [0.5, 0.6) is 0 Å². The number of fused-ring (bicyclic) bond motifs is 1. The molecule has 0 saturated heterocycles. The van der Waals surface area contributed by atoms with Gasteiger partial charge in [-0.25, -0.2) is 9.18 Å². The summed E-state index contributed by atoms with van der Waals surface area (Å²) in [5.41, 5.74) is 1.27. The van der Waals surface area contributed by atoms with Gasteiger partial charge >= 0.3 is 5.97 Å². The fourth-order valence-electron chi connectivity index (χ4n) is 2.72. The second kappa shape index (κ2) is 6.37. The number of nitrogens with zero attached hydrogens (tertiary/aromatic N) is 2. The van der Waals surface area contributed by atoms with Gasteiger partial charge in [0.05, 0.1) is 17.5 Å². The summed E-state index contributed by atoms with van der Waals surface area (Å²) in [4.78, 5) is 30.3. The Morgan fingerprint density at radius 2 is 1.85 bits per heavy atom. The molecule has 26 heavy (non-hydrogen) atoms. The van der Waals surface area contributed by atoms with E-state index in [0.29, 0.717) is 5.69 Å². The maximum Gasteiger partial charge on any atom is 0.333 e.